The van der Waals surface area contributed by atoms with Crippen LogP contribution in [0, 0.1) is 6.92 Å². The van der Waals surface area contributed by atoms with Crippen molar-refractivity contribution in [2.75, 3.05) is 0 Å². The van der Waals surface area contributed by atoms with E-state index >= 15 is 0 Å². The van der Waals surface area contributed by atoms with Crippen molar-refractivity contribution in [3.05, 3.63) is 53.5 Å². The lowest BCUT2D eigenvalue weighted by Crippen LogP contribution is -2.49. The summed E-state index contributed by atoms with van der Waals surface area (Å²) in [6.07, 6.45) is 4.40. The Kier molecular flexibility index (Phi) is 4.66. The molecule has 0 saturated heterocycles. The monoisotopic (exact) mass is 366 g/mol. The van der Waals surface area contributed by atoms with Crippen molar-refractivity contribution in [2.24, 2.45) is 0 Å². The van der Waals surface area contributed by atoms with Crippen LogP contribution in [0.5, 0.6) is 0 Å². The zero-order valence-electron chi connectivity index (χ0n) is 15.1. The number of hydrogen-bond acceptors (Lipinski definition) is 4. The van der Waals surface area contributed by atoms with Crippen molar-refractivity contribution >= 4 is 22.7 Å². The van der Waals surface area contributed by atoms with Gasteiger partial charge in [0.15, 0.2) is 0 Å². The molecule has 1 aliphatic rings. The summed E-state index contributed by atoms with van der Waals surface area (Å²) < 4.78 is 5.00. The number of hydrogen-bond donors (Lipinski definition) is 3. The molecule has 0 spiro atoms. The molecule has 7 nitrogen and oxygen atoms in total. The molecule has 27 heavy (non-hydrogen) atoms. The van der Waals surface area contributed by atoms with Crippen LogP contribution in [0.3, 0.4) is 0 Å². The molecule has 7 heteroatoms. The number of aryl methyl sites for hydroxylation is 1. The molecule has 2 aromatic heterocycles. The Morgan fingerprint density at radius 2 is 2.15 bits per heavy atom. The number of nitrogens with one attached hydrogen (secondary N) is 3. The molecule has 140 valence electrons. The molecule has 1 saturated carbocycles. The third kappa shape index (κ3) is 4.19. The maximum atomic E-state index is 12.7. The van der Waals surface area contributed by atoms with E-state index in [1.54, 1.807) is 13.0 Å². The Morgan fingerprint density at radius 1 is 1.33 bits per heavy atom. The van der Waals surface area contributed by atoms with Gasteiger partial charge in [-0.1, -0.05) is 23.4 Å². The van der Waals surface area contributed by atoms with Crippen LogP contribution >= 0.6 is 0 Å². The molecule has 0 bridgehead atoms. The Bertz CT molecular complexity index is 970. The SMILES string of the molecule is Cc1cc(CC(=O)NC(Cc2c[nH]c3ccccc23)C(=O)NC2CC2)no1. The van der Waals surface area contributed by atoms with Crippen LogP contribution in [-0.2, 0) is 22.4 Å². The third-order valence-corrected chi connectivity index (χ3v) is 4.69. The van der Waals surface area contributed by atoms with E-state index < -0.39 is 6.04 Å². The van der Waals surface area contributed by atoms with E-state index in [0.717, 1.165) is 29.3 Å². The van der Waals surface area contributed by atoms with E-state index in [0.29, 0.717) is 17.9 Å². The largest absolute Gasteiger partial charge is 0.361 e. The van der Waals surface area contributed by atoms with E-state index in [4.69, 9.17) is 4.52 Å². The maximum absolute atomic E-state index is 12.7. The Hall–Kier alpha value is -3.09. The first-order valence-corrected chi connectivity index (χ1v) is 9.15. The Labute approximate surface area is 156 Å². The van der Waals surface area contributed by atoms with Gasteiger partial charge in [0.1, 0.15) is 11.8 Å². The summed E-state index contributed by atoms with van der Waals surface area (Å²) in [6, 6.07) is 9.24. The number of para-hydroxylation sites is 1. The molecule has 0 aliphatic heterocycles. The van der Waals surface area contributed by atoms with E-state index in [-0.39, 0.29) is 24.3 Å². The predicted molar refractivity (Wildman–Crippen MR) is 100 cm³/mol. The average Bonchev–Trinajstić information content (AvgIpc) is 3.23. The van der Waals surface area contributed by atoms with Crippen LogP contribution in [0.25, 0.3) is 10.9 Å². The highest BCUT2D eigenvalue weighted by molar-refractivity contribution is 5.90. The number of rotatable bonds is 7. The summed E-state index contributed by atoms with van der Waals surface area (Å²) in [5.74, 6) is 0.256. The van der Waals surface area contributed by atoms with Crippen LogP contribution < -0.4 is 10.6 Å². The number of carbonyl (C=O) groups is 2. The van der Waals surface area contributed by atoms with Crippen molar-refractivity contribution in [1.29, 1.82) is 0 Å². The smallest absolute Gasteiger partial charge is 0.243 e. The maximum Gasteiger partial charge on any atom is 0.243 e. The first-order valence-electron chi connectivity index (χ1n) is 9.15. The number of carbonyl (C=O) groups excluding carboxylic acids is 2. The molecule has 0 radical (unpaired) electrons. The highest BCUT2D eigenvalue weighted by Gasteiger charge is 2.29. The van der Waals surface area contributed by atoms with Gasteiger partial charge >= 0.3 is 0 Å². The van der Waals surface area contributed by atoms with E-state index in [1.165, 1.54) is 0 Å². The van der Waals surface area contributed by atoms with Crippen molar-refractivity contribution in [3.63, 3.8) is 0 Å². The lowest BCUT2D eigenvalue weighted by atomic mass is 10.0. The second-order valence-electron chi connectivity index (χ2n) is 7.07. The minimum atomic E-state index is -0.634. The minimum Gasteiger partial charge on any atom is -0.361 e. The lowest BCUT2D eigenvalue weighted by Gasteiger charge is -2.18. The van der Waals surface area contributed by atoms with Crippen molar-refractivity contribution in [2.45, 2.75) is 44.7 Å². The number of aromatic nitrogens is 2. The highest BCUT2D eigenvalue weighted by Crippen LogP contribution is 2.21. The second-order valence-corrected chi connectivity index (χ2v) is 7.07. The van der Waals surface area contributed by atoms with Gasteiger partial charge in [0.05, 0.1) is 12.1 Å². The summed E-state index contributed by atoms with van der Waals surface area (Å²) >= 11 is 0. The molecule has 3 aromatic rings. The normalized spacial score (nSPS) is 14.9. The van der Waals surface area contributed by atoms with Gasteiger partial charge in [-0.05, 0) is 31.4 Å². The summed E-state index contributed by atoms with van der Waals surface area (Å²) in [7, 11) is 0. The van der Waals surface area contributed by atoms with Gasteiger partial charge in [0.25, 0.3) is 0 Å². The number of benzene rings is 1. The molecule has 1 fully saturated rings. The van der Waals surface area contributed by atoms with Gasteiger partial charge < -0.3 is 20.1 Å². The predicted octanol–water partition coefficient (Wildman–Crippen LogP) is 2.01. The van der Waals surface area contributed by atoms with Crippen molar-refractivity contribution in [3.8, 4) is 0 Å². The van der Waals surface area contributed by atoms with Crippen LogP contribution in [0.4, 0.5) is 0 Å². The molecule has 1 aliphatic carbocycles. The lowest BCUT2D eigenvalue weighted by molar-refractivity contribution is -0.128. The van der Waals surface area contributed by atoms with E-state index in [2.05, 4.69) is 20.8 Å². The molecular weight excluding hydrogens is 344 g/mol. The Balaban J connectivity index is 1.49. The topological polar surface area (TPSA) is 100 Å². The van der Waals surface area contributed by atoms with E-state index in [1.807, 2.05) is 30.5 Å². The van der Waals surface area contributed by atoms with Gasteiger partial charge in [0.2, 0.25) is 11.8 Å². The summed E-state index contributed by atoms with van der Waals surface area (Å²) in [5, 5.41) is 10.8. The number of H-pyrrole nitrogens is 1. The quantitative estimate of drug-likeness (QED) is 0.595. The second kappa shape index (κ2) is 7.26. The molecule has 2 amide bonds. The highest BCUT2D eigenvalue weighted by atomic mass is 16.5. The van der Waals surface area contributed by atoms with Gasteiger partial charge in [-0.3, -0.25) is 9.59 Å². The van der Waals surface area contributed by atoms with E-state index in [9.17, 15) is 9.59 Å². The summed E-state index contributed by atoms with van der Waals surface area (Å²) in [6.45, 7) is 1.78. The molecule has 4 rings (SSSR count). The summed E-state index contributed by atoms with van der Waals surface area (Å²) in [5.41, 5.74) is 2.57. The fourth-order valence-corrected chi connectivity index (χ4v) is 3.17. The fourth-order valence-electron chi connectivity index (χ4n) is 3.17. The standard InChI is InChI=1S/C20H22N4O3/c1-12-8-15(24-27-12)10-19(25)23-18(20(26)22-14-6-7-14)9-13-11-21-17-5-3-2-4-16(13)17/h2-5,8,11,14,18,21H,6-7,9-10H2,1H3,(H,22,26)(H,23,25). The van der Waals surface area contributed by atoms with Crippen LogP contribution in [0.15, 0.2) is 41.1 Å². The third-order valence-electron chi connectivity index (χ3n) is 4.69. The molecule has 3 N–H and O–H groups in total. The number of fused-ring (bicyclic) bond motifs is 1. The zero-order chi connectivity index (χ0) is 18.8. The number of nitrogens with zero attached hydrogens (tertiary/aromatic N) is 1. The average molecular weight is 366 g/mol. The molecule has 2 heterocycles. The molecule has 1 atom stereocenters. The molecule has 1 unspecified atom stereocenters. The zero-order valence-corrected chi connectivity index (χ0v) is 15.1. The number of amides is 2. The van der Waals surface area contributed by atoms with Gasteiger partial charge in [-0.25, -0.2) is 0 Å². The number of aromatic amines is 1. The molecular formula is C20H22N4O3. The van der Waals surface area contributed by atoms with Crippen molar-refractivity contribution < 1.29 is 14.1 Å². The first kappa shape index (κ1) is 17.3. The Morgan fingerprint density at radius 3 is 2.89 bits per heavy atom. The van der Waals surface area contributed by atoms with Crippen LogP contribution in [0.1, 0.15) is 29.9 Å². The molecule has 1 aromatic carbocycles. The van der Waals surface area contributed by atoms with Gasteiger partial charge in [-0.15, -0.1) is 0 Å². The van der Waals surface area contributed by atoms with Crippen molar-refractivity contribution in [1.82, 2.24) is 20.8 Å². The minimum absolute atomic E-state index is 0.0818. The fraction of sp³-hybridized carbons (Fsp3) is 0.350. The van der Waals surface area contributed by atoms with Crippen LogP contribution in [-0.4, -0.2) is 34.0 Å². The van der Waals surface area contributed by atoms with Crippen LogP contribution in [0.2, 0.25) is 0 Å². The van der Waals surface area contributed by atoms with Gasteiger partial charge in [0, 0.05) is 35.6 Å². The first-order chi connectivity index (χ1) is 13.1. The van der Waals surface area contributed by atoms with Gasteiger partial charge in [-0.2, -0.15) is 0 Å². The summed E-state index contributed by atoms with van der Waals surface area (Å²) in [4.78, 5) is 28.3.